The molecule has 0 spiro atoms. The molecule has 2 fully saturated rings. The smallest absolute Gasteiger partial charge is 0.266 e. The maximum atomic E-state index is 13.4. The molecule has 7 heteroatoms. The van der Waals surface area contributed by atoms with Gasteiger partial charge in [-0.15, -0.1) is 0 Å². The number of amides is 2. The van der Waals surface area contributed by atoms with Crippen LogP contribution in [0.1, 0.15) is 17.4 Å². The lowest BCUT2D eigenvalue weighted by molar-refractivity contribution is -0.126. The minimum absolute atomic E-state index is 0.304. The summed E-state index contributed by atoms with van der Waals surface area (Å²) in [6.45, 7) is 1.95. The summed E-state index contributed by atoms with van der Waals surface area (Å²) in [5, 5.41) is 2.16. The van der Waals surface area contributed by atoms with Gasteiger partial charge < -0.3 is 4.42 Å². The molecule has 2 aliphatic rings. The molecule has 0 aliphatic carbocycles. The number of benzene rings is 2. The summed E-state index contributed by atoms with van der Waals surface area (Å²) in [6.07, 6.45) is 0.622. The maximum Gasteiger partial charge on any atom is 0.266 e. The number of furan rings is 1. The topological polar surface area (TPSA) is 63.0 Å². The molecule has 2 saturated heterocycles. The zero-order chi connectivity index (χ0) is 20.1. The number of halogens is 1. The van der Waals surface area contributed by atoms with Crippen LogP contribution in [0.2, 0.25) is 5.02 Å². The van der Waals surface area contributed by atoms with Crippen LogP contribution in [0, 0.1) is 12.8 Å². The molecule has 1 aromatic heterocycles. The van der Waals surface area contributed by atoms with Gasteiger partial charge in [0, 0.05) is 5.02 Å². The largest absolute Gasteiger partial charge is 0.467 e. The number of fused-ring (bicyclic) bond motifs is 1. The number of imide groups is 1. The predicted octanol–water partition coefficient (Wildman–Crippen LogP) is 4.29. The van der Waals surface area contributed by atoms with E-state index in [9.17, 15) is 9.59 Å². The first kappa shape index (κ1) is 18.0. The fourth-order valence-corrected chi connectivity index (χ4v) is 4.05. The molecular weight excluding hydrogens is 392 g/mol. The zero-order valence-electron chi connectivity index (χ0n) is 15.5. The van der Waals surface area contributed by atoms with E-state index in [0.29, 0.717) is 22.2 Å². The van der Waals surface area contributed by atoms with Crippen molar-refractivity contribution in [2.24, 2.45) is 5.92 Å². The molecule has 3 heterocycles. The first-order chi connectivity index (χ1) is 14.0. The van der Waals surface area contributed by atoms with Crippen LogP contribution in [0.3, 0.4) is 0 Å². The van der Waals surface area contributed by atoms with Crippen molar-refractivity contribution in [2.45, 2.75) is 19.1 Å². The highest BCUT2D eigenvalue weighted by molar-refractivity contribution is 6.30. The molecule has 0 bridgehead atoms. The highest BCUT2D eigenvalue weighted by Gasteiger charge is 2.61. The first-order valence-corrected chi connectivity index (χ1v) is 9.62. The Bertz CT molecular complexity index is 1060. The van der Waals surface area contributed by atoms with Crippen LogP contribution >= 0.6 is 11.6 Å². The number of anilines is 2. The Kier molecular flexibility index (Phi) is 4.19. The lowest BCUT2D eigenvalue weighted by Crippen LogP contribution is -2.37. The fraction of sp³-hybridized carbons (Fsp3) is 0.182. The van der Waals surface area contributed by atoms with Gasteiger partial charge in [0.15, 0.2) is 6.10 Å². The summed E-state index contributed by atoms with van der Waals surface area (Å²) in [4.78, 5) is 33.7. The second-order valence-electron chi connectivity index (χ2n) is 7.16. The third kappa shape index (κ3) is 2.84. The number of hydrogen-bond donors (Lipinski definition) is 0. The Hall–Kier alpha value is -3.09. The summed E-state index contributed by atoms with van der Waals surface area (Å²) >= 11 is 6.00. The number of carbonyl (C=O) groups excluding carboxylic acids is 2. The second kappa shape index (κ2) is 6.76. The van der Waals surface area contributed by atoms with E-state index in [0.717, 1.165) is 5.56 Å². The average molecular weight is 409 g/mol. The molecule has 3 aromatic rings. The van der Waals surface area contributed by atoms with Crippen molar-refractivity contribution in [3.05, 3.63) is 83.3 Å². The van der Waals surface area contributed by atoms with Crippen LogP contribution in [0.25, 0.3) is 0 Å². The molecule has 0 radical (unpaired) electrons. The van der Waals surface area contributed by atoms with Crippen LogP contribution in [-0.4, -0.2) is 17.9 Å². The van der Waals surface area contributed by atoms with Crippen molar-refractivity contribution < 1.29 is 18.8 Å². The van der Waals surface area contributed by atoms with E-state index in [-0.39, 0.29) is 11.8 Å². The first-order valence-electron chi connectivity index (χ1n) is 9.24. The van der Waals surface area contributed by atoms with Gasteiger partial charge in [0.2, 0.25) is 5.91 Å². The van der Waals surface area contributed by atoms with Crippen molar-refractivity contribution in [2.75, 3.05) is 9.96 Å². The predicted molar refractivity (Wildman–Crippen MR) is 107 cm³/mol. The lowest BCUT2D eigenvalue weighted by atomic mass is 9.94. The van der Waals surface area contributed by atoms with Gasteiger partial charge in [-0.2, -0.15) is 0 Å². The van der Waals surface area contributed by atoms with Gasteiger partial charge in [-0.05, 0) is 55.5 Å². The van der Waals surface area contributed by atoms with Gasteiger partial charge >= 0.3 is 0 Å². The van der Waals surface area contributed by atoms with Crippen molar-refractivity contribution in [3.63, 3.8) is 0 Å². The number of carbonyl (C=O) groups is 2. The SMILES string of the molecule is Cc1ccc(N2C(=O)[C@H]3[C@@H](c4ccco4)N(c4ccc(Cl)cc4)O[C@H]3C2=O)cc1. The standard InChI is InChI=1S/C22H17ClN2O4/c1-13-4-8-15(9-5-13)24-21(26)18-19(17-3-2-12-28-17)25(29-20(18)22(24)27)16-10-6-14(23)7-11-16/h2-12,18-20H,1H3/t18-,19+,20+/m0/s1. The molecule has 2 aromatic carbocycles. The summed E-state index contributed by atoms with van der Waals surface area (Å²) in [7, 11) is 0. The van der Waals surface area contributed by atoms with Gasteiger partial charge in [0.1, 0.15) is 17.7 Å². The van der Waals surface area contributed by atoms with Crippen molar-refractivity contribution >= 4 is 34.8 Å². The molecule has 29 heavy (non-hydrogen) atoms. The average Bonchev–Trinajstić information content (AvgIpc) is 3.41. The summed E-state index contributed by atoms with van der Waals surface area (Å²) in [5.41, 5.74) is 2.28. The maximum absolute atomic E-state index is 13.4. The second-order valence-corrected chi connectivity index (χ2v) is 7.60. The Balaban J connectivity index is 1.56. The Morgan fingerprint density at radius 3 is 2.24 bits per heavy atom. The van der Waals surface area contributed by atoms with E-state index in [4.69, 9.17) is 20.9 Å². The number of hydroxylamine groups is 1. The normalized spacial score (nSPS) is 23.7. The highest BCUT2D eigenvalue weighted by Crippen LogP contribution is 2.47. The summed E-state index contributed by atoms with van der Waals surface area (Å²) < 4.78 is 5.61. The quantitative estimate of drug-likeness (QED) is 0.605. The number of nitrogens with zero attached hydrogens (tertiary/aromatic N) is 2. The van der Waals surface area contributed by atoms with E-state index in [1.54, 1.807) is 59.9 Å². The molecule has 2 amide bonds. The van der Waals surface area contributed by atoms with Crippen molar-refractivity contribution in [3.8, 4) is 0 Å². The van der Waals surface area contributed by atoms with E-state index in [2.05, 4.69) is 0 Å². The lowest BCUT2D eigenvalue weighted by Gasteiger charge is -2.27. The van der Waals surface area contributed by atoms with Gasteiger partial charge in [-0.1, -0.05) is 29.3 Å². The van der Waals surface area contributed by atoms with E-state index >= 15 is 0 Å². The van der Waals surface area contributed by atoms with E-state index in [1.165, 1.54) is 4.90 Å². The molecule has 146 valence electrons. The van der Waals surface area contributed by atoms with Crippen LogP contribution in [0.4, 0.5) is 11.4 Å². The number of rotatable bonds is 3. The monoisotopic (exact) mass is 408 g/mol. The molecule has 5 rings (SSSR count). The number of aryl methyl sites for hydroxylation is 1. The minimum Gasteiger partial charge on any atom is -0.467 e. The highest BCUT2D eigenvalue weighted by atomic mass is 35.5. The van der Waals surface area contributed by atoms with Gasteiger partial charge in [-0.3, -0.25) is 14.4 Å². The molecule has 6 nitrogen and oxygen atoms in total. The Morgan fingerprint density at radius 2 is 1.59 bits per heavy atom. The van der Waals surface area contributed by atoms with E-state index < -0.39 is 18.1 Å². The van der Waals surface area contributed by atoms with Crippen LogP contribution < -0.4 is 9.96 Å². The Labute approximate surface area is 172 Å². The van der Waals surface area contributed by atoms with Crippen LogP contribution in [0.15, 0.2) is 71.3 Å². The summed E-state index contributed by atoms with van der Waals surface area (Å²) in [6, 6.07) is 17.3. The zero-order valence-corrected chi connectivity index (χ0v) is 16.2. The van der Waals surface area contributed by atoms with Crippen LogP contribution in [-0.2, 0) is 14.4 Å². The third-order valence-corrected chi connectivity index (χ3v) is 5.58. The van der Waals surface area contributed by atoms with Crippen LogP contribution in [0.5, 0.6) is 0 Å². The fourth-order valence-electron chi connectivity index (χ4n) is 3.92. The Morgan fingerprint density at radius 1 is 0.897 bits per heavy atom. The third-order valence-electron chi connectivity index (χ3n) is 5.32. The molecule has 2 aliphatic heterocycles. The molecule has 3 atom stereocenters. The number of hydrogen-bond acceptors (Lipinski definition) is 5. The van der Waals surface area contributed by atoms with Gasteiger partial charge in [0.25, 0.3) is 5.91 Å². The molecular formula is C22H17ClN2O4. The molecule has 0 unspecified atom stereocenters. The van der Waals surface area contributed by atoms with Gasteiger partial charge in [-0.25, -0.2) is 9.96 Å². The molecule has 0 N–H and O–H groups in total. The van der Waals surface area contributed by atoms with Gasteiger partial charge in [0.05, 0.1) is 17.6 Å². The van der Waals surface area contributed by atoms with Crippen molar-refractivity contribution in [1.29, 1.82) is 0 Å². The van der Waals surface area contributed by atoms with Crippen molar-refractivity contribution in [1.82, 2.24) is 0 Å². The minimum atomic E-state index is -0.922. The van der Waals surface area contributed by atoms with E-state index in [1.807, 2.05) is 19.1 Å². The molecule has 0 saturated carbocycles. The summed E-state index contributed by atoms with van der Waals surface area (Å²) in [5.74, 6) is -0.844.